The Labute approximate surface area is 124 Å². The summed E-state index contributed by atoms with van der Waals surface area (Å²) in [6, 6.07) is 3.84. The lowest BCUT2D eigenvalue weighted by Gasteiger charge is -2.18. The number of anilines is 1. The molecule has 0 saturated heterocycles. The SMILES string of the molecule is CCN(CC)C(=O)c1cnc(NCc2ccncc2)nc1. The minimum atomic E-state index is -0.0410. The highest BCUT2D eigenvalue weighted by Gasteiger charge is 2.13. The average Bonchev–Trinajstić information content (AvgIpc) is 2.55. The second kappa shape index (κ2) is 7.33. The van der Waals surface area contributed by atoms with Crippen LogP contribution in [0, 0.1) is 0 Å². The quantitative estimate of drug-likeness (QED) is 0.878. The van der Waals surface area contributed by atoms with E-state index in [0.717, 1.165) is 5.56 Å². The summed E-state index contributed by atoms with van der Waals surface area (Å²) in [5, 5.41) is 3.11. The molecule has 0 atom stereocenters. The summed E-state index contributed by atoms with van der Waals surface area (Å²) in [4.78, 5) is 26.2. The summed E-state index contributed by atoms with van der Waals surface area (Å²) < 4.78 is 0. The molecule has 0 unspecified atom stereocenters. The zero-order chi connectivity index (χ0) is 15.1. The Hall–Kier alpha value is -2.50. The van der Waals surface area contributed by atoms with Crippen molar-refractivity contribution in [1.82, 2.24) is 19.9 Å². The van der Waals surface area contributed by atoms with Crippen LogP contribution in [-0.4, -0.2) is 38.8 Å². The van der Waals surface area contributed by atoms with Crippen LogP contribution in [0.3, 0.4) is 0 Å². The summed E-state index contributed by atoms with van der Waals surface area (Å²) in [5.74, 6) is 0.462. The number of hydrogen-bond donors (Lipinski definition) is 1. The first-order valence-corrected chi connectivity index (χ1v) is 6.98. The molecule has 2 aromatic rings. The van der Waals surface area contributed by atoms with Crippen LogP contribution >= 0.6 is 0 Å². The van der Waals surface area contributed by atoms with Crippen LogP contribution in [0.1, 0.15) is 29.8 Å². The van der Waals surface area contributed by atoms with Crippen LogP contribution in [0.5, 0.6) is 0 Å². The zero-order valence-electron chi connectivity index (χ0n) is 12.3. The molecule has 0 spiro atoms. The molecule has 0 radical (unpaired) electrons. The maximum atomic E-state index is 12.1. The van der Waals surface area contributed by atoms with Crippen molar-refractivity contribution in [3.05, 3.63) is 48.0 Å². The molecule has 110 valence electrons. The lowest BCUT2D eigenvalue weighted by atomic mass is 10.3. The average molecular weight is 285 g/mol. The third kappa shape index (κ3) is 3.98. The molecule has 0 aromatic carbocycles. The van der Waals surface area contributed by atoms with E-state index in [4.69, 9.17) is 0 Å². The van der Waals surface area contributed by atoms with E-state index in [0.29, 0.717) is 31.1 Å². The van der Waals surface area contributed by atoms with Crippen molar-refractivity contribution in [3.8, 4) is 0 Å². The summed E-state index contributed by atoms with van der Waals surface area (Å²) >= 11 is 0. The van der Waals surface area contributed by atoms with E-state index in [1.54, 1.807) is 29.7 Å². The fraction of sp³-hybridized carbons (Fsp3) is 0.333. The number of nitrogens with one attached hydrogen (secondary N) is 1. The second-order valence-corrected chi connectivity index (χ2v) is 4.48. The second-order valence-electron chi connectivity index (χ2n) is 4.48. The Balaban J connectivity index is 1.97. The minimum absolute atomic E-state index is 0.0410. The van der Waals surface area contributed by atoms with Gasteiger partial charge in [0, 0.05) is 44.4 Å². The van der Waals surface area contributed by atoms with Crippen LogP contribution in [-0.2, 0) is 6.54 Å². The highest BCUT2D eigenvalue weighted by atomic mass is 16.2. The first-order chi connectivity index (χ1) is 10.2. The van der Waals surface area contributed by atoms with Crippen molar-refractivity contribution in [2.75, 3.05) is 18.4 Å². The van der Waals surface area contributed by atoms with Gasteiger partial charge in [-0.2, -0.15) is 0 Å². The molecule has 1 N–H and O–H groups in total. The van der Waals surface area contributed by atoms with Gasteiger partial charge in [-0.3, -0.25) is 9.78 Å². The molecule has 1 amide bonds. The molecule has 0 aliphatic heterocycles. The number of amides is 1. The highest BCUT2D eigenvalue weighted by molar-refractivity contribution is 5.93. The Kier molecular flexibility index (Phi) is 5.20. The van der Waals surface area contributed by atoms with Gasteiger partial charge in [0.1, 0.15) is 0 Å². The van der Waals surface area contributed by atoms with Crippen molar-refractivity contribution in [1.29, 1.82) is 0 Å². The fourth-order valence-corrected chi connectivity index (χ4v) is 1.90. The predicted molar refractivity (Wildman–Crippen MR) is 80.8 cm³/mol. The van der Waals surface area contributed by atoms with Gasteiger partial charge in [-0.05, 0) is 31.5 Å². The predicted octanol–water partition coefficient (Wildman–Crippen LogP) is 1.97. The van der Waals surface area contributed by atoms with E-state index < -0.39 is 0 Å². The number of nitrogens with zero attached hydrogens (tertiary/aromatic N) is 4. The normalized spacial score (nSPS) is 10.2. The van der Waals surface area contributed by atoms with Crippen molar-refractivity contribution in [3.63, 3.8) is 0 Å². The molecule has 2 rings (SSSR count). The highest BCUT2D eigenvalue weighted by Crippen LogP contribution is 2.06. The molecule has 6 heteroatoms. The molecule has 21 heavy (non-hydrogen) atoms. The van der Waals surface area contributed by atoms with E-state index in [2.05, 4.69) is 20.3 Å². The zero-order valence-corrected chi connectivity index (χ0v) is 12.3. The summed E-state index contributed by atoms with van der Waals surface area (Å²) in [6.45, 7) is 5.88. The van der Waals surface area contributed by atoms with Crippen LogP contribution in [0.25, 0.3) is 0 Å². The molecule has 0 aliphatic rings. The van der Waals surface area contributed by atoms with Crippen molar-refractivity contribution in [2.45, 2.75) is 20.4 Å². The van der Waals surface area contributed by atoms with E-state index in [-0.39, 0.29) is 5.91 Å². The number of pyridine rings is 1. The smallest absolute Gasteiger partial charge is 0.256 e. The number of rotatable bonds is 6. The van der Waals surface area contributed by atoms with Crippen LogP contribution in [0.4, 0.5) is 5.95 Å². The standard InChI is InChI=1S/C15H19N5O/c1-3-20(4-2)14(21)13-10-18-15(19-11-13)17-9-12-5-7-16-8-6-12/h5-8,10-11H,3-4,9H2,1-2H3,(H,17,18,19). The maximum Gasteiger partial charge on any atom is 0.256 e. The van der Waals surface area contributed by atoms with Crippen LogP contribution in [0.15, 0.2) is 36.9 Å². The number of hydrogen-bond acceptors (Lipinski definition) is 5. The molecular weight excluding hydrogens is 266 g/mol. The molecule has 0 saturated carbocycles. The first kappa shape index (κ1) is 14.9. The van der Waals surface area contributed by atoms with Crippen LogP contribution < -0.4 is 5.32 Å². The summed E-state index contributed by atoms with van der Waals surface area (Å²) in [7, 11) is 0. The maximum absolute atomic E-state index is 12.1. The topological polar surface area (TPSA) is 71.0 Å². The Bertz CT molecular complexity index is 566. The molecular formula is C15H19N5O. The Morgan fingerprint density at radius 1 is 1.14 bits per heavy atom. The lowest BCUT2D eigenvalue weighted by Crippen LogP contribution is -2.30. The van der Waals surface area contributed by atoms with Gasteiger partial charge in [0.2, 0.25) is 5.95 Å². The molecule has 2 aromatic heterocycles. The van der Waals surface area contributed by atoms with E-state index in [1.807, 2.05) is 26.0 Å². The van der Waals surface area contributed by atoms with Gasteiger partial charge in [-0.15, -0.1) is 0 Å². The van der Waals surface area contributed by atoms with Gasteiger partial charge in [0.15, 0.2) is 0 Å². The van der Waals surface area contributed by atoms with Gasteiger partial charge in [-0.25, -0.2) is 9.97 Å². The minimum Gasteiger partial charge on any atom is -0.350 e. The lowest BCUT2D eigenvalue weighted by molar-refractivity contribution is 0.0772. The first-order valence-electron chi connectivity index (χ1n) is 6.98. The third-order valence-corrected chi connectivity index (χ3v) is 3.15. The number of aromatic nitrogens is 3. The summed E-state index contributed by atoms with van der Waals surface area (Å²) in [6.07, 6.45) is 6.60. The summed E-state index contributed by atoms with van der Waals surface area (Å²) in [5.41, 5.74) is 1.60. The molecule has 0 aliphatic carbocycles. The van der Waals surface area contributed by atoms with Crippen molar-refractivity contribution >= 4 is 11.9 Å². The molecule has 2 heterocycles. The van der Waals surface area contributed by atoms with Gasteiger partial charge in [-0.1, -0.05) is 0 Å². The molecule has 0 fully saturated rings. The van der Waals surface area contributed by atoms with Crippen molar-refractivity contribution < 1.29 is 4.79 Å². The van der Waals surface area contributed by atoms with E-state index >= 15 is 0 Å². The fourth-order valence-electron chi connectivity index (χ4n) is 1.90. The van der Waals surface area contributed by atoms with Crippen molar-refractivity contribution in [2.24, 2.45) is 0 Å². The third-order valence-electron chi connectivity index (χ3n) is 3.15. The van der Waals surface area contributed by atoms with Gasteiger partial charge in [0.05, 0.1) is 5.56 Å². The largest absolute Gasteiger partial charge is 0.350 e. The van der Waals surface area contributed by atoms with Gasteiger partial charge < -0.3 is 10.2 Å². The van der Waals surface area contributed by atoms with Crippen LogP contribution in [0.2, 0.25) is 0 Å². The number of carbonyl (C=O) groups excluding carboxylic acids is 1. The molecule has 6 nitrogen and oxygen atoms in total. The Morgan fingerprint density at radius 3 is 2.33 bits per heavy atom. The van der Waals surface area contributed by atoms with E-state index in [1.165, 1.54) is 0 Å². The van der Waals surface area contributed by atoms with Gasteiger partial charge >= 0.3 is 0 Å². The Morgan fingerprint density at radius 2 is 1.76 bits per heavy atom. The monoisotopic (exact) mass is 285 g/mol. The van der Waals surface area contributed by atoms with Gasteiger partial charge in [0.25, 0.3) is 5.91 Å². The number of carbonyl (C=O) groups is 1. The van der Waals surface area contributed by atoms with E-state index in [9.17, 15) is 4.79 Å². The molecule has 0 bridgehead atoms.